The van der Waals surface area contributed by atoms with Crippen molar-refractivity contribution in [1.29, 1.82) is 0 Å². The van der Waals surface area contributed by atoms with Crippen LogP contribution in [0.5, 0.6) is 0 Å². The Morgan fingerprint density at radius 3 is 2.86 bits per heavy atom. The van der Waals surface area contributed by atoms with Crippen LogP contribution in [0, 0.1) is 11.3 Å². The van der Waals surface area contributed by atoms with E-state index < -0.39 is 0 Å². The number of nitrogens with zero attached hydrogens (tertiary/aromatic N) is 1. The van der Waals surface area contributed by atoms with E-state index in [1.54, 1.807) is 6.92 Å². The Hall–Kier alpha value is -0.240. The van der Waals surface area contributed by atoms with Crippen LogP contribution in [0.15, 0.2) is 0 Å². The highest BCUT2D eigenvalue weighted by Gasteiger charge is 2.44. The third-order valence-corrected chi connectivity index (χ3v) is 4.34. The van der Waals surface area contributed by atoms with Crippen LogP contribution in [0.2, 0.25) is 0 Å². The van der Waals surface area contributed by atoms with Crippen LogP contribution in [0.4, 0.5) is 0 Å². The normalized spacial score (nSPS) is 37.0. The summed E-state index contributed by atoms with van der Waals surface area (Å²) in [4.78, 5) is 13.2. The van der Waals surface area contributed by atoms with Crippen LogP contribution in [-0.2, 0) is 4.79 Å². The van der Waals surface area contributed by atoms with Crippen molar-refractivity contribution in [3.63, 3.8) is 0 Å². The van der Waals surface area contributed by atoms with Crippen LogP contribution in [0.25, 0.3) is 0 Å². The van der Waals surface area contributed by atoms with Gasteiger partial charge in [0.25, 0.3) is 0 Å². The smallest absolute Gasteiger partial charge is 0.219 e. The van der Waals surface area contributed by atoms with Crippen LogP contribution in [-0.4, -0.2) is 29.8 Å². The number of carbonyl (C=O) groups is 1. The minimum absolute atomic E-state index is 0.233. The van der Waals surface area contributed by atoms with Gasteiger partial charge in [0, 0.05) is 25.9 Å². The molecule has 80 valence electrons. The molecule has 1 amide bonds. The first kappa shape index (κ1) is 10.3. The maximum atomic E-state index is 11.2. The Balaban J connectivity index is 1.97. The van der Waals surface area contributed by atoms with Crippen molar-refractivity contribution in [2.24, 2.45) is 11.3 Å². The summed E-state index contributed by atoms with van der Waals surface area (Å²) in [7, 11) is 0. The molecule has 2 atom stereocenters. The molecule has 2 aliphatic rings. The minimum Gasteiger partial charge on any atom is -0.342 e. The third kappa shape index (κ3) is 1.77. The molecule has 1 spiro atoms. The summed E-state index contributed by atoms with van der Waals surface area (Å²) in [5.74, 6) is 1.72. The Morgan fingerprint density at radius 2 is 2.36 bits per heavy atom. The lowest BCUT2D eigenvalue weighted by atomic mass is 9.85. The molecular formula is C11H18ClNO. The van der Waals surface area contributed by atoms with Crippen molar-refractivity contribution >= 4 is 17.5 Å². The highest BCUT2D eigenvalue weighted by molar-refractivity contribution is 6.18. The zero-order valence-electron chi connectivity index (χ0n) is 8.76. The van der Waals surface area contributed by atoms with Gasteiger partial charge in [0.15, 0.2) is 0 Å². The van der Waals surface area contributed by atoms with Gasteiger partial charge in [-0.1, -0.05) is 0 Å². The van der Waals surface area contributed by atoms with E-state index in [2.05, 4.69) is 0 Å². The van der Waals surface area contributed by atoms with Crippen molar-refractivity contribution in [2.75, 3.05) is 19.0 Å². The summed E-state index contributed by atoms with van der Waals surface area (Å²) in [6.45, 7) is 3.62. The van der Waals surface area contributed by atoms with Gasteiger partial charge in [0.1, 0.15) is 0 Å². The summed E-state index contributed by atoms with van der Waals surface area (Å²) < 4.78 is 0. The molecule has 1 aliphatic heterocycles. The molecule has 14 heavy (non-hydrogen) atoms. The molecule has 0 unspecified atom stereocenters. The fourth-order valence-electron chi connectivity index (χ4n) is 3.03. The molecular weight excluding hydrogens is 198 g/mol. The molecule has 1 saturated heterocycles. The molecule has 0 bridgehead atoms. The molecule has 0 N–H and O–H groups in total. The van der Waals surface area contributed by atoms with Crippen molar-refractivity contribution in [1.82, 2.24) is 4.90 Å². The Morgan fingerprint density at radius 1 is 1.57 bits per heavy atom. The molecule has 1 saturated carbocycles. The topological polar surface area (TPSA) is 20.3 Å². The van der Waals surface area contributed by atoms with Gasteiger partial charge in [0.2, 0.25) is 5.91 Å². The van der Waals surface area contributed by atoms with Gasteiger partial charge in [-0.25, -0.2) is 0 Å². The number of likely N-dealkylation sites (tertiary alicyclic amines) is 1. The largest absolute Gasteiger partial charge is 0.342 e. The van der Waals surface area contributed by atoms with Gasteiger partial charge in [-0.05, 0) is 37.0 Å². The van der Waals surface area contributed by atoms with Gasteiger partial charge >= 0.3 is 0 Å². The Bertz CT molecular complexity index is 243. The van der Waals surface area contributed by atoms with Crippen LogP contribution < -0.4 is 0 Å². The van der Waals surface area contributed by atoms with Crippen LogP contribution >= 0.6 is 11.6 Å². The van der Waals surface area contributed by atoms with Crippen LogP contribution in [0.3, 0.4) is 0 Å². The SMILES string of the molecule is CC(=O)N1CC[C@@]2(CC[C@@H](CCl)C2)C1. The first-order valence-corrected chi connectivity index (χ1v) is 6.00. The quantitative estimate of drug-likeness (QED) is 0.615. The maximum Gasteiger partial charge on any atom is 0.219 e. The fraction of sp³-hybridized carbons (Fsp3) is 0.909. The molecule has 1 aliphatic carbocycles. The first-order valence-electron chi connectivity index (χ1n) is 5.47. The molecule has 0 aromatic heterocycles. The monoisotopic (exact) mass is 215 g/mol. The number of halogens is 1. The molecule has 0 radical (unpaired) electrons. The molecule has 3 heteroatoms. The lowest BCUT2D eigenvalue weighted by Gasteiger charge is -2.23. The van der Waals surface area contributed by atoms with E-state index in [4.69, 9.17) is 11.6 Å². The second-order valence-electron chi connectivity index (χ2n) is 4.95. The lowest BCUT2D eigenvalue weighted by molar-refractivity contribution is -0.128. The summed E-state index contributed by atoms with van der Waals surface area (Å²) in [6.07, 6.45) is 4.96. The number of rotatable bonds is 1. The van der Waals surface area contributed by atoms with E-state index in [1.807, 2.05) is 4.90 Å². The number of amides is 1. The Labute approximate surface area is 90.6 Å². The van der Waals surface area contributed by atoms with Gasteiger partial charge in [-0.3, -0.25) is 4.79 Å². The predicted octanol–water partition coefficient (Wildman–Crippen LogP) is 2.26. The first-order chi connectivity index (χ1) is 6.65. The average Bonchev–Trinajstić information content (AvgIpc) is 2.74. The average molecular weight is 216 g/mol. The van der Waals surface area contributed by atoms with E-state index in [1.165, 1.54) is 25.7 Å². The van der Waals surface area contributed by atoms with Crippen molar-refractivity contribution < 1.29 is 4.79 Å². The van der Waals surface area contributed by atoms with E-state index >= 15 is 0 Å². The second-order valence-corrected chi connectivity index (χ2v) is 5.26. The molecule has 2 fully saturated rings. The predicted molar refractivity (Wildman–Crippen MR) is 57.4 cm³/mol. The summed E-state index contributed by atoms with van der Waals surface area (Å²) in [6, 6.07) is 0. The molecule has 0 aromatic carbocycles. The van der Waals surface area contributed by atoms with Crippen LogP contribution in [0.1, 0.15) is 32.6 Å². The molecule has 2 nitrogen and oxygen atoms in total. The third-order valence-electron chi connectivity index (χ3n) is 3.91. The lowest BCUT2D eigenvalue weighted by Crippen LogP contribution is -2.29. The fourth-order valence-corrected chi connectivity index (χ4v) is 3.30. The van der Waals surface area contributed by atoms with E-state index in [0.29, 0.717) is 11.3 Å². The molecule has 2 rings (SSSR count). The summed E-state index contributed by atoms with van der Waals surface area (Å²) in [5.41, 5.74) is 0.436. The van der Waals surface area contributed by atoms with E-state index in [-0.39, 0.29) is 5.91 Å². The van der Waals surface area contributed by atoms with Gasteiger partial charge in [-0.2, -0.15) is 0 Å². The summed E-state index contributed by atoms with van der Waals surface area (Å²) in [5, 5.41) is 0. The highest BCUT2D eigenvalue weighted by atomic mass is 35.5. The van der Waals surface area contributed by atoms with Crippen molar-refractivity contribution in [2.45, 2.75) is 32.6 Å². The molecule has 1 heterocycles. The van der Waals surface area contributed by atoms with E-state index in [9.17, 15) is 4.79 Å². The second kappa shape index (κ2) is 3.73. The highest BCUT2D eigenvalue weighted by Crippen LogP contribution is 2.48. The minimum atomic E-state index is 0.233. The molecule has 0 aromatic rings. The number of alkyl halides is 1. The van der Waals surface area contributed by atoms with Crippen molar-refractivity contribution in [3.05, 3.63) is 0 Å². The van der Waals surface area contributed by atoms with Gasteiger partial charge in [-0.15, -0.1) is 11.6 Å². The summed E-state index contributed by atoms with van der Waals surface area (Å²) >= 11 is 5.89. The Kier molecular flexibility index (Phi) is 2.74. The van der Waals surface area contributed by atoms with Gasteiger partial charge < -0.3 is 4.90 Å². The number of hydrogen-bond acceptors (Lipinski definition) is 1. The zero-order valence-corrected chi connectivity index (χ0v) is 9.52. The van der Waals surface area contributed by atoms with E-state index in [0.717, 1.165) is 19.0 Å². The maximum absolute atomic E-state index is 11.2. The number of hydrogen-bond donors (Lipinski definition) is 0. The van der Waals surface area contributed by atoms with Gasteiger partial charge in [0.05, 0.1) is 0 Å². The standard InChI is InChI=1S/C11H18ClNO/c1-9(14)13-5-4-11(8-13)3-2-10(6-11)7-12/h10H,2-8H2,1H3/t10-,11-/m1/s1. The zero-order chi connectivity index (χ0) is 10.2. The van der Waals surface area contributed by atoms with Crippen molar-refractivity contribution in [3.8, 4) is 0 Å². The number of carbonyl (C=O) groups excluding carboxylic acids is 1.